The Bertz CT molecular complexity index is 521. The van der Waals surface area contributed by atoms with E-state index in [0.29, 0.717) is 12.1 Å². The van der Waals surface area contributed by atoms with Gasteiger partial charge in [-0.1, -0.05) is 6.08 Å². The maximum Gasteiger partial charge on any atom is 0.416 e. The normalized spacial score (nSPS) is 13.6. The molecule has 0 radical (unpaired) electrons. The van der Waals surface area contributed by atoms with Crippen molar-refractivity contribution in [1.82, 2.24) is 5.32 Å². The SMILES string of the molecule is C=CCNC(C#N)c1cc(C(F)(F)F)cc(C(F)(F)F)c1. The molecule has 0 amide bonds. The highest BCUT2D eigenvalue weighted by Gasteiger charge is 2.37. The van der Waals surface area contributed by atoms with Crippen LogP contribution in [0.25, 0.3) is 0 Å². The Morgan fingerprint density at radius 2 is 1.57 bits per heavy atom. The molecule has 0 heterocycles. The van der Waals surface area contributed by atoms with Crippen LogP contribution in [0.1, 0.15) is 22.7 Å². The first-order chi connectivity index (χ1) is 9.59. The molecule has 0 fully saturated rings. The van der Waals surface area contributed by atoms with E-state index in [-0.39, 0.29) is 12.6 Å². The summed E-state index contributed by atoms with van der Waals surface area (Å²) < 4.78 is 76.0. The summed E-state index contributed by atoms with van der Waals surface area (Å²) >= 11 is 0. The zero-order chi connectivity index (χ0) is 16.3. The smallest absolute Gasteiger partial charge is 0.295 e. The second-order valence-corrected chi connectivity index (χ2v) is 4.10. The monoisotopic (exact) mass is 308 g/mol. The summed E-state index contributed by atoms with van der Waals surface area (Å²) in [4.78, 5) is 0. The van der Waals surface area contributed by atoms with Crippen molar-refractivity contribution >= 4 is 0 Å². The van der Waals surface area contributed by atoms with Gasteiger partial charge < -0.3 is 0 Å². The van der Waals surface area contributed by atoms with Crippen LogP contribution in [0.4, 0.5) is 26.3 Å². The van der Waals surface area contributed by atoms with Gasteiger partial charge in [-0.2, -0.15) is 31.6 Å². The second kappa shape index (κ2) is 6.18. The van der Waals surface area contributed by atoms with Gasteiger partial charge in [-0.15, -0.1) is 6.58 Å². The molecule has 8 heteroatoms. The van der Waals surface area contributed by atoms with Crippen LogP contribution in [-0.4, -0.2) is 6.54 Å². The Morgan fingerprint density at radius 3 is 1.90 bits per heavy atom. The van der Waals surface area contributed by atoms with Crippen molar-refractivity contribution < 1.29 is 26.3 Å². The lowest BCUT2D eigenvalue weighted by atomic mass is 10.00. The van der Waals surface area contributed by atoms with E-state index in [1.165, 1.54) is 6.08 Å². The molecule has 1 aromatic carbocycles. The van der Waals surface area contributed by atoms with Gasteiger partial charge in [0, 0.05) is 6.54 Å². The largest absolute Gasteiger partial charge is 0.416 e. The van der Waals surface area contributed by atoms with Crippen molar-refractivity contribution in [3.8, 4) is 6.07 Å². The number of hydrogen-bond donors (Lipinski definition) is 1. The molecule has 0 bridgehead atoms. The molecule has 0 aliphatic rings. The number of nitriles is 1. The summed E-state index contributed by atoms with van der Waals surface area (Å²) in [6, 6.07) is 1.39. The molecule has 0 aliphatic heterocycles. The molecular formula is C13H10F6N2. The minimum atomic E-state index is -4.94. The first-order valence-corrected chi connectivity index (χ1v) is 5.63. The summed E-state index contributed by atoms with van der Waals surface area (Å²) in [6.07, 6.45) is -8.54. The van der Waals surface area contributed by atoms with Gasteiger partial charge >= 0.3 is 12.4 Å². The molecule has 0 spiro atoms. The first-order valence-electron chi connectivity index (χ1n) is 5.63. The van der Waals surface area contributed by atoms with Gasteiger partial charge in [0.15, 0.2) is 0 Å². The number of hydrogen-bond acceptors (Lipinski definition) is 2. The Hall–Kier alpha value is -2.01. The van der Waals surface area contributed by atoms with E-state index in [4.69, 9.17) is 5.26 Å². The van der Waals surface area contributed by atoms with Crippen LogP contribution < -0.4 is 5.32 Å². The molecule has 1 N–H and O–H groups in total. The van der Waals surface area contributed by atoms with E-state index < -0.39 is 35.1 Å². The summed E-state index contributed by atoms with van der Waals surface area (Å²) in [5, 5.41) is 11.4. The average Bonchev–Trinajstić information content (AvgIpc) is 2.37. The van der Waals surface area contributed by atoms with Crippen LogP contribution in [0.2, 0.25) is 0 Å². The molecule has 1 atom stereocenters. The lowest BCUT2D eigenvalue weighted by Gasteiger charge is -2.17. The van der Waals surface area contributed by atoms with E-state index >= 15 is 0 Å². The van der Waals surface area contributed by atoms with Crippen LogP contribution in [0, 0.1) is 11.3 Å². The first kappa shape index (κ1) is 17.0. The van der Waals surface area contributed by atoms with E-state index in [2.05, 4.69) is 11.9 Å². The molecule has 0 aliphatic carbocycles. The molecule has 114 valence electrons. The molecule has 0 saturated carbocycles. The third-order valence-electron chi connectivity index (χ3n) is 2.54. The summed E-state index contributed by atoms with van der Waals surface area (Å²) in [5.41, 5.74) is -3.30. The number of nitrogens with zero attached hydrogens (tertiary/aromatic N) is 1. The number of nitrogens with one attached hydrogen (secondary N) is 1. The van der Waals surface area contributed by atoms with E-state index in [1.807, 2.05) is 0 Å². The fourth-order valence-electron chi connectivity index (χ4n) is 1.58. The predicted molar refractivity (Wildman–Crippen MR) is 63.0 cm³/mol. The fourth-order valence-corrected chi connectivity index (χ4v) is 1.58. The summed E-state index contributed by atoms with van der Waals surface area (Å²) in [6.45, 7) is 3.41. The summed E-state index contributed by atoms with van der Waals surface area (Å²) in [7, 11) is 0. The van der Waals surface area contributed by atoms with Crippen molar-refractivity contribution in [2.45, 2.75) is 18.4 Å². The van der Waals surface area contributed by atoms with Gasteiger partial charge in [-0.25, -0.2) is 0 Å². The molecule has 1 unspecified atom stereocenters. The topological polar surface area (TPSA) is 35.8 Å². The van der Waals surface area contributed by atoms with Crippen LogP contribution in [0.3, 0.4) is 0 Å². The lowest BCUT2D eigenvalue weighted by molar-refractivity contribution is -0.143. The number of rotatable bonds is 4. The highest BCUT2D eigenvalue weighted by Crippen LogP contribution is 2.37. The Labute approximate surface area is 116 Å². The molecule has 2 nitrogen and oxygen atoms in total. The van der Waals surface area contributed by atoms with E-state index in [1.54, 1.807) is 6.07 Å². The van der Waals surface area contributed by atoms with Crippen LogP contribution in [0.15, 0.2) is 30.9 Å². The zero-order valence-electron chi connectivity index (χ0n) is 10.5. The molecule has 0 aromatic heterocycles. The van der Waals surface area contributed by atoms with Gasteiger partial charge in [-0.3, -0.25) is 5.32 Å². The van der Waals surface area contributed by atoms with Crippen molar-refractivity contribution in [3.05, 3.63) is 47.5 Å². The highest BCUT2D eigenvalue weighted by atomic mass is 19.4. The van der Waals surface area contributed by atoms with Crippen LogP contribution >= 0.6 is 0 Å². The third kappa shape index (κ3) is 4.49. The van der Waals surface area contributed by atoms with Crippen molar-refractivity contribution in [1.29, 1.82) is 5.26 Å². The molecule has 0 saturated heterocycles. The Morgan fingerprint density at radius 1 is 1.10 bits per heavy atom. The van der Waals surface area contributed by atoms with Gasteiger partial charge in [-0.05, 0) is 23.8 Å². The quantitative estimate of drug-likeness (QED) is 0.672. The molecule has 1 rings (SSSR count). The third-order valence-corrected chi connectivity index (χ3v) is 2.54. The Balaban J connectivity index is 3.38. The predicted octanol–water partition coefficient (Wildman–Crippen LogP) is 4.06. The van der Waals surface area contributed by atoms with Crippen molar-refractivity contribution in [2.24, 2.45) is 0 Å². The minimum absolute atomic E-state index is 0.0193. The van der Waals surface area contributed by atoms with Crippen molar-refractivity contribution in [2.75, 3.05) is 6.54 Å². The fraction of sp³-hybridized carbons (Fsp3) is 0.308. The van der Waals surface area contributed by atoms with E-state index in [9.17, 15) is 26.3 Å². The molecule has 1 aromatic rings. The maximum absolute atomic E-state index is 12.7. The summed E-state index contributed by atoms with van der Waals surface area (Å²) in [5.74, 6) is 0. The number of halogens is 6. The highest BCUT2D eigenvalue weighted by molar-refractivity contribution is 5.37. The lowest BCUT2D eigenvalue weighted by Crippen LogP contribution is -2.21. The molecular weight excluding hydrogens is 298 g/mol. The standard InChI is InChI=1S/C13H10F6N2/c1-2-3-21-11(7-20)8-4-9(12(14,15)16)6-10(5-8)13(17,18)19/h2,4-6,11,21H,1,3H2. The average molecular weight is 308 g/mol. The van der Waals surface area contributed by atoms with Crippen molar-refractivity contribution in [3.63, 3.8) is 0 Å². The minimum Gasteiger partial charge on any atom is -0.295 e. The molecule has 21 heavy (non-hydrogen) atoms. The van der Waals surface area contributed by atoms with Crippen LogP contribution in [-0.2, 0) is 12.4 Å². The van der Waals surface area contributed by atoms with Crippen LogP contribution in [0.5, 0.6) is 0 Å². The van der Waals surface area contributed by atoms with E-state index in [0.717, 1.165) is 0 Å². The van der Waals surface area contributed by atoms with Gasteiger partial charge in [0.1, 0.15) is 6.04 Å². The van der Waals surface area contributed by atoms with Gasteiger partial charge in [0.25, 0.3) is 0 Å². The van der Waals surface area contributed by atoms with Gasteiger partial charge in [0.05, 0.1) is 17.2 Å². The Kier molecular flexibility index (Phi) is 5.01. The number of benzene rings is 1. The zero-order valence-corrected chi connectivity index (χ0v) is 10.5. The maximum atomic E-state index is 12.7. The second-order valence-electron chi connectivity index (χ2n) is 4.10. The van der Waals surface area contributed by atoms with Gasteiger partial charge in [0.2, 0.25) is 0 Å². The number of alkyl halides is 6.